The van der Waals surface area contributed by atoms with Crippen molar-refractivity contribution in [1.82, 2.24) is 4.98 Å². The van der Waals surface area contributed by atoms with Gasteiger partial charge >= 0.3 is 0 Å². The molecule has 2 nitrogen and oxygen atoms in total. The molecule has 0 bridgehead atoms. The van der Waals surface area contributed by atoms with E-state index in [9.17, 15) is 4.79 Å². The Bertz CT molecular complexity index is 524. The lowest BCUT2D eigenvalue weighted by Crippen LogP contribution is -2.01. The van der Waals surface area contributed by atoms with Crippen LogP contribution >= 0.6 is 0 Å². The minimum Gasteiger partial charge on any atom is -0.294 e. The molecule has 0 atom stereocenters. The fraction of sp³-hybridized carbons (Fsp3) is 0.231. The zero-order valence-electron chi connectivity index (χ0n) is 8.31. The molecule has 0 spiro atoms. The number of aromatic nitrogens is 1. The number of fused-ring (bicyclic) bond motifs is 1. The highest BCUT2D eigenvalue weighted by Crippen LogP contribution is 2.34. The van der Waals surface area contributed by atoms with Crippen molar-refractivity contribution in [2.24, 2.45) is 5.92 Å². The van der Waals surface area contributed by atoms with E-state index in [1.807, 2.05) is 24.3 Å². The molecule has 1 aromatic heterocycles. The highest BCUT2D eigenvalue weighted by molar-refractivity contribution is 6.09. The van der Waals surface area contributed by atoms with E-state index in [4.69, 9.17) is 0 Å². The molecule has 0 N–H and O–H groups in total. The minimum absolute atomic E-state index is 0.274. The molecule has 3 rings (SSSR count). The van der Waals surface area contributed by atoms with Gasteiger partial charge in [0.25, 0.3) is 0 Å². The van der Waals surface area contributed by atoms with Crippen LogP contribution in [-0.4, -0.2) is 10.8 Å². The molecule has 1 fully saturated rings. The van der Waals surface area contributed by atoms with E-state index in [2.05, 4.69) is 4.98 Å². The van der Waals surface area contributed by atoms with Crippen LogP contribution in [0.15, 0.2) is 36.7 Å². The maximum atomic E-state index is 12.0. The maximum Gasteiger partial charge on any atom is 0.166 e. The smallest absolute Gasteiger partial charge is 0.166 e. The van der Waals surface area contributed by atoms with Crippen LogP contribution in [0.1, 0.15) is 23.2 Å². The predicted octanol–water partition coefficient (Wildman–Crippen LogP) is 2.83. The molecule has 1 aliphatic rings. The fourth-order valence-electron chi connectivity index (χ4n) is 1.89. The number of benzene rings is 1. The number of hydrogen-bond donors (Lipinski definition) is 0. The van der Waals surface area contributed by atoms with Crippen molar-refractivity contribution in [3.63, 3.8) is 0 Å². The number of rotatable bonds is 2. The van der Waals surface area contributed by atoms with E-state index in [-0.39, 0.29) is 11.7 Å². The third-order valence-electron chi connectivity index (χ3n) is 2.90. The second-order valence-corrected chi connectivity index (χ2v) is 4.04. The van der Waals surface area contributed by atoms with Crippen molar-refractivity contribution < 1.29 is 4.79 Å². The third-order valence-corrected chi connectivity index (χ3v) is 2.90. The lowest BCUT2D eigenvalue weighted by atomic mass is 10.0. The summed E-state index contributed by atoms with van der Waals surface area (Å²) in [7, 11) is 0. The van der Waals surface area contributed by atoms with E-state index >= 15 is 0 Å². The Balaban J connectivity index is 2.20. The monoisotopic (exact) mass is 197 g/mol. The van der Waals surface area contributed by atoms with Crippen molar-refractivity contribution in [2.75, 3.05) is 0 Å². The molecule has 0 saturated heterocycles. The Labute approximate surface area is 87.9 Å². The van der Waals surface area contributed by atoms with Crippen LogP contribution in [0.25, 0.3) is 10.8 Å². The molecule has 1 saturated carbocycles. The standard InChI is InChI=1S/C13H11NO/c15-13(10-4-5-10)11-3-1-2-9-6-7-14-8-12(9)11/h1-3,6-8,10H,4-5H2. The van der Waals surface area contributed by atoms with Gasteiger partial charge in [-0.15, -0.1) is 0 Å². The van der Waals surface area contributed by atoms with Crippen LogP contribution in [-0.2, 0) is 0 Å². The highest BCUT2D eigenvalue weighted by Gasteiger charge is 2.31. The molecular weight excluding hydrogens is 186 g/mol. The molecule has 0 aliphatic heterocycles. The van der Waals surface area contributed by atoms with E-state index in [0.29, 0.717) is 0 Å². The molecule has 0 amide bonds. The Hall–Kier alpha value is -1.70. The zero-order valence-corrected chi connectivity index (χ0v) is 8.31. The largest absolute Gasteiger partial charge is 0.294 e. The molecular formula is C13H11NO. The second kappa shape index (κ2) is 3.16. The van der Waals surface area contributed by atoms with Gasteiger partial charge in [-0.2, -0.15) is 0 Å². The van der Waals surface area contributed by atoms with E-state index in [1.54, 1.807) is 12.4 Å². The van der Waals surface area contributed by atoms with Crippen LogP contribution in [0.4, 0.5) is 0 Å². The van der Waals surface area contributed by atoms with Crippen LogP contribution in [0, 0.1) is 5.92 Å². The van der Waals surface area contributed by atoms with Gasteiger partial charge in [0.1, 0.15) is 0 Å². The quantitative estimate of drug-likeness (QED) is 0.693. The van der Waals surface area contributed by atoms with Crippen LogP contribution in [0.2, 0.25) is 0 Å². The fourth-order valence-corrected chi connectivity index (χ4v) is 1.89. The van der Waals surface area contributed by atoms with Gasteiger partial charge < -0.3 is 0 Å². The molecule has 2 heteroatoms. The summed E-state index contributed by atoms with van der Waals surface area (Å²) in [5.41, 5.74) is 0.836. The average molecular weight is 197 g/mol. The summed E-state index contributed by atoms with van der Waals surface area (Å²) in [6.45, 7) is 0. The van der Waals surface area contributed by atoms with Crippen molar-refractivity contribution in [3.05, 3.63) is 42.2 Å². The summed E-state index contributed by atoms with van der Waals surface area (Å²) >= 11 is 0. The summed E-state index contributed by atoms with van der Waals surface area (Å²) in [5, 5.41) is 2.08. The number of nitrogens with zero attached hydrogens (tertiary/aromatic N) is 1. The van der Waals surface area contributed by atoms with Crippen molar-refractivity contribution in [2.45, 2.75) is 12.8 Å². The van der Waals surface area contributed by atoms with Gasteiger partial charge in [0.15, 0.2) is 5.78 Å². The van der Waals surface area contributed by atoms with E-state index in [1.165, 1.54) is 0 Å². The summed E-state index contributed by atoms with van der Waals surface area (Å²) in [6.07, 6.45) is 5.64. The normalized spacial score (nSPS) is 15.5. The predicted molar refractivity (Wildman–Crippen MR) is 58.8 cm³/mol. The lowest BCUT2D eigenvalue weighted by molar-refractivity contribution is 0.0969. The van der Waals surface area contributed by atoms with Gasteiger partial charge in [-0.3, -0.25) is 9.78 Å². The Morgan fingerprint density at radius 2 is 2.13 bits per heavy atom. The van der Waals surface area contributed by atoms with Gasteiger partial charge in [-0.1, -0.05) is 18.2 Å². The molecule has 74 valence electrons. The SMILES string of the molecule is O=C(c1cccc2ccncc12)C1CC1. The maximum absolute atomic E-state index is 12.0. The third kappa shape index (κ3) is 1.42. The van der Waals surface area contributed by atoms with Gasteiger partial charge in [-0.05, 0) is 24.3 Å². The van der Waals surface area contributed by atoms with Crippen LogP contribution in [0.3, 0.4) is 0 Å². The number of hydrogen-bond acceptors (Lipinski definition) is 2. The molecule has 15 heavy (non-hydrogen) atoms. The summed E-state index contributed by atoms with van der Waals surface area (Å²) in [6, 6.07) is 7.81. The Kier molecular flexibility index (Phi) is 1.81. The molecule has 1 aromatic carbocycles. The minimum atomic E-state index is 0.274. The Morgan fingerprint density at radius 1 is 1.27 bits per heavy atom. The van der Waals surface area contributed by atoms with Gasteiger partial charge in [0.05, 0.1) is 0 Å². The molecule has 1 heterocycles. The van der Waals surface area contributed by atoms with E-state index < -0.39 is 0 Å². The zero-order chi connectivity index (χ0) is 10.3. The van der Waals surface area contributed by atoms with Crippen molar-refractivity contribution in [1.29, 1.82) is 0 Å². The molecule has 0 radical (unpaired) electrons. The average Bonchev–Trinajstić information content (AvgIpc) is 3.11. The number of ketones is 1. The van der Waals surface area contributed by atoms with Crippen molar-refractivity contribution >= 4 is 16.6 Å². The highest BCUT2D eigenvalue weighted by atomic mass is 16.1. The first-order chi connectivity index (χ1) is 7.36. The topological polar surface area (TPSA) is 30.0 Å². The van der Waals surface area contributed by atoms with Gasteiger partial charge in [0.2, 0.25) is 0 Å². The van der Waals surface area contributed by atoms with Gasteiger partial charge in [0, 0.05) is 29.3 Å². The molecule has 2 aromatic rings. The summed E-state index contributed by atoms with van der Waals surface area (Å²) in [5.74, 6) is 0.560. The van der Waals surface area contributed by atoms with Gasteiger partial charge in [-0.25, -0.2) is 0 Å². The second-order valence-electron chi connectivity index (χ2n) is 4.04. The lowest BCUT2D eigenvalue weighted by Gasteiger charge is -2.03. The van der Waals surface area contributed by atoms with Crippen LogP contribution in [0.5, 0.6) is 0 Å². The first kappa shape index (κ1) is 8.60. The summed E-state index contributed by atoms with van der Waals surface area (Å²) < 4.78 is 0. The first-order valence-corrected chi connectivity index (χ1v) is 5.23. The first-order valence-electron chi connectivity index (χ1n) is 5.23. The number of Topliss-reactive ketones (excluding diaryl/α,β-unsaturated/α-hetero) is 1. The Morgan fingerprint density at radius 3 is 2.93 bits per heavy atom. The number of pyridine rings is 1. The molecule has 0 unspecified atom stereocenters. The number of carbonyl (C=O) groups excluding carboxylic acids is 1. The van der Waals surface area contributed by atoms with Crippen LogP contribution < -0.4 is 0 Å². The molecule has 1 aliphatic carbocycles. The van der Waals surface area contributed by atoms with E-state index in [0.717, 1.165) is 29.2 Å². The summed E-state index contributed by atoms with van der Waals surface area (Å²) in [4.78, 5) is 16.1. The number of carbonyl (C=O) groups is 1. The van der Waals surface area contributed by atoms with Crippen molar-refractivity contribution in [3.8, 4) is 0 Å².